The molecule has 29 heavy (non-hydrogen) atoms. The van der Waals surface area contributed by atoms with Crippen LogP contribution in [0.2, 0.25) is 0 Å². The van der Waals surface area contributed by atoms with Gasteiger partial charge in [-0.2, -0.15) is 4.52 Å². The number of aromatic nitrogens is 5. The van der Waals surface area contributed by atoms with Crippen molar-refractivity contribution in [2.45, 2.75) is 39.5 Å². The highest BCUT2D eigenvalue weighted by Gasteiger charge is 2.18. The van der Waals surface area contributed by atoms with Crippen molar-refractivity contribution in [2.24, 2.45) is 0 Å². The van der Waals surface area contributed by atoms with E-state index in [4.69, 9.17) is 10.2 Å². The van der Waals surface area contributed by atoms with Crippen molar-refractivity contribution >= 4 is 11.6 Å². The Labute approximate surface area is 167 Å². The van der Waals surface area contributed by atoms with Gasteiger partial charge in [0.15, 0.2) is 11.5 Å². The third-order valence-electron chi connectivity index (χ3n) is 4.69. The number of nitrogens with two attached hydrogens (primary N) is 1. The molecule has 0 spiro atoms. The van der Waals surface area contributed by atoms with Crippen molar-refractivity contribution in [1.82, 2.24) is 29.9 Å². The highest BCUT2D eigenvalue weighted by atomic mass is 16.3. The summed E-state index contributed by atoms with van der Waals surface area (Å²) in [5, 5.41) is 17.8. The molecule has 4 rings (SSSR count). The van der Waals surface area contributed by atoms with Crippen LogP contribution >= 0.6 is 0 Å². The maximum atomic E-state index is 10.0. The van der Waals surface area contributed by atoms with Gasteiger partial charge in [0, 0.05) is 12.1 Å². The highest BCUT2D eigenvalue weighted by molar-refractivity contribution is 5.65. The fourth-order valence-electron chi connectivity index (χ4n) is 3.08. The molecule has 0 unspecified atom stereocenters. The van der Waals surface area contributed by atoms with E-state index in [1.54, 1.807) is 20.0 Å². The van der Waals surface area contributed by atoms with Gasteiger partial charge in [-0.1, -0.05) is 24.3 Å². The average molecular weight is 393 g/mol. The van der Waals surface area contributed by atoms with E-state index in [2.05, 4.69) is 25.4 Å². The smallest absolute Gasteiger partial charge is 0.245 e. The van der Waals surface area contributed by atoms with Crippen LogP contribution < -0.4 is 11.1 Å². The van der Waals surface area contributed by atoms with Gasteiger partial charge in [0.2, 0.25) is 11.8 Å². The van der Waals surface area contributed by atoms with Crippen molar-refractivity contribution in [2.75, 3.05) is 5.73 Å². The summed E-state index contributed by atoms with van der Waals surface area (Å²) in [7, 11) is 0. The molecule has 0 aliphatic carbocycles. The Morgan fingerprint density at radius 1 is 1.17 bits per heavy atom. The first-order valence-corrected chi connectivity index (χ1v) is 9.27. The predicted molar refractivity (Wildman–Crippen MR) is 108 cm³/mol. The summed E-state index contributed by atoms with van der Waals surface area (Å²) in [4.78, 5) is 13.1. The molecule has 0 amide bonds. The van der Waals surface area contributed by atoms with Crippen molar-refractivity contribution in [3.05, 3.63) is 59.2 Å². The van der Waals surface area contributed by atoms with Crippen LogP contribution in [0.1, 0.15) is 36.4 Å². The molecule has 0 aliphatic rings. The van der Waals surface area contributed by atoms with E-state index >= 15 is 0 Å². The Balaban J connectivity index is 1.49. The molecule has 4 N–H and O–H groups in total. The number of aryl methyl sites for hydroxylation is 1. The van der Waals surface area contributed by atoms with Gasteiger partial charge in [0.1, 0.15) is 12.0 Å². The molecule has 0 fully saturated rings. The number of nitrogens with one attached hydrogen (secondary N) is 1. The normalized spacial score (nSPS) is 12.0. The van der Waals surface area contributed by atoms with E-state index < -0.39 is 5.60 Å². The van der Waals surface area contributed by atoms with Crippen LogP contribution in [0.5, 0.6) is 0 Å². The molecule has 0 saturated carbocycles. The van der Waals surface area contributed by atoms with Gasteiger partial charge in [-0.15, -0.1) is 5.10 Å². The second kappa shape index (κ2) is 7.26. The second-order valence-electron chi connectivity index (χ2n) is 7.40. The van der Waals surface area contributed by atoms with Crippen LogP contribution in [0.15, 0.2) is 41.1 Å². The van der Waals surface area contributed by atoms with Crippen molar-refractivity contribution in [3.8, 4) is 11.6 Å². The summed E-state index contributed by atoms with van der Waals surface area (Å²) in [6, 6.07) is 7.85. The van der Waals surface area contributed by atoms with E-state index in [1.165, 1.54) is 10.8 Å². The molecule has 9 heteroatoms. The largest absolute Gasteiger partial charge is 0.443 e. The molecular formula is C20H23N7O2. The molecule has 1 aromatic carbocycles. The monoisotopic (exact) mass is 393 g/mol. The van der Waals surface area contributed by atoms with Gasteiger partial charge in [-0.3, -0.25) is 0 Å². The molecule has 0 aliphatic heterocycles. The number of hydrogen-bond acceptors (Lipinski definition) is 8. The average Bonchev–Trinajstić information content (AvgIpc) is 3.35. The zero-order valence-electron chi connectivity index (χ0n) is 16.5. The maximum Gasteiger partial charge on any atom is 0.245 e. The minimum Gasteiger partial charge on any atom is -0.443 e. The van der Waals surface area contributed by atoms with Crippen molar-refractivity contribution in [1.29, 1.82) is 0 Å². The number of nitrogens with zero attached hydrogens (tertiary/aromatic N) is 5. The molecule has 0 bridgehead atoms. The van der Waals surface area contributed by atoms with Crippen LogP contribution in [0.4, 0.5) is 5.95 Å². The van der Waals surface area contributed by atoms with Gasteiger partial charge in [-0.05, 0) is 31.9 Å². The highest BCUT2D eigenvalue weighted by Crippen LogP contribution is 2.24. The van der Waals surface area contributed by atoms with Gasteiger partial charge in [0.25, 0.3) is 0 Å². The Morgan fingerprint density at radius 3 is 2.59 bits per heavy atom. The predicted octanol–water partition coefficient (Wildman–Crippen LogP) is 2.19. The number of oxazole rings is 1. The van der Waals surface area contributed by atoms with Crippen LogP contribution in [-0.4, -0.2) is 29.7 Å². The van der Waals surface area contributed by atoms with E-state index in [0.29, 0.717) is 36.1 Å². The van der Waals surface area contributed by atoms with Crippen LogP contribution in [-0.2, 0) is 18.7 Å². The summed E-state index contributed by atoms with van der Waals surface area (Å²) in [6.07, 6.45) is 3.05. The molecule has 3 aromatic heterocycles. The fraction of sp³-hybridized carbons (Fsp3) is 0.300. The number of aliphatic hydroxyl groups is 1. The van der Waals surface area contributed by atoms with E-state index in [0.717, 1.165) is 16.7 Å². The first-order chi connectivity index (χ1) is 13.8. The minimum atomic E-state index is -0.845. The lowest BCUT2D eigenvalue weighted by molar-refractivity contribution is 0.0786. The Kier molecular flexibility index (Phi) is 4.77. The molecule has 150 valence electrons. The third-order valence-corrected chi connectivity index (χ3v) is 4.69. The number of hydrogen-bond donors (Lipinski definition) is 3. The molecule has 0 saturated heterocycles. The first kappa shape index (κ1) is 19.0. The quantitative estimate of drug-likeness (QED) is 0.455. The summed E-state index contributed by atoms with van der Waals surface area (Å²) in [6.45, 7) is 6.55. The van der Waals surface area contributed by atoms with Crippen LogP contribution in [0.3, 0.4) is 0 Å². The second-order valence-corrected chi connectivity index (χ2v) is 7.40. The lowest BCUT2D eigenvalue weighted by Crippen LogP contribution is -2.16. The molecular weight excluding hydrogens is 370 g/mol. The number of nitrogen functional groups attached to an aromatic ring is 1. The zero-order chi connectivity index (χ0) is 20.6. The van der Waals surface area contributed by atoms with E-state index in [1.807, 2.05) is 31.2 Å². The number of fused-ring (bicyclic) bond motifs is 1. The zero-order valence-corrected chi connectivity index (χ0v) is 16.5. The summed E-state index contributed by atoms with van der Waals surface area (Å²) < 4.78 is 6.86. The Hall–Kier alpha value is -3.30. The van der Waals surface area contributed by atoms with Gasteiger partial charge in [-0.25, -0.2) is 15.0 Å². The number of anilines is 1. The minimum absolute atomic E-state index is 0.222. The number of benzene rings is 1. The molecule has 0 radical (unpaired) electrons. The van der Waals surface area contributed by atoms with Gasteiger partial charge in [0.05, 0.1) is 18.3 Å². The maximum absolute atomic E-state index is 10.0. The SMILES string of the molecule is Cc1c(-c2ncco2)nc(N)n2nc(CNCc3ccc(C(C)(C)O)cc3)nc12. The lowest BCUT2D eigenvalue weighted by Gasteiger charge is -2.17. The summed E-state index contributed by atoms with van der Waals surface area (Å²) in [5.41, 5.74) is 9.16. The summed E-state index contributed by atoms with van der Waals surface area (Å²) in [5.74, 6) is 1.23. The van der Waals surface area contributed by atoms with Crippen LogP contribution in [0, 0.1) is 6.92 Å². The molecule has 9 nitrogen and oxygen atoms in total. The fourth-order valence-corrected chi connectivity index (χ4v) is 3.08. The van der Waals surface area contributed by atoms with E-state index in [9.17, 15) is 5.11 Å². The first-order valence-electron chi connectivity index (χ1n) is 9.27. The van der Waals surface area contributed by atoms with Crippen molar-refractivity contribution in [3.63, 3.8) is 0 Å². The topological polar surface area (TPSA) is 127 Å². The molecule has 3 heterocycles. The Bertz CT molecular complexity index is 1130. The molecule has 0 atom stereocenters. The van der Waals surface area contributed by atoms with Gasteiger partial charge < -0.3 is 20.6 Å². The van der Waals surface area contributed by atoms with E-state index in [-0.39, 0.29) is 5.95 Å². The summed E-state index contributed by atoms with van der Waals surface area (Å²) >= 11 is 0. The Morgan fingerprint density at radius 2 is 1.93 bits per heavy atom. The van der Waals surface area contributed by atoms with Crippen molar-refractivity contribution < 1.29 is 9.52 Å². The molecule has 4 aromatic rings. The lowest BCUT2D eigenvalue weighted by atomic mass is 9.97. The standard InChI is InChI=1S/C20H23N7O2/c1-12-16(18-23-8-9-29-18)25-19(21)27-17(12)24-15(26-27)11-22-10-13-4-6-14(7-5-13)20(2,3)28/h4-9,22,28H,10-11H2,1-3H3,(H2,21,25). The van der Waals surface area contributed by atoms with Crippen LogP contribution in [0.25, 0.3) is 17.2 Å². The van der Waals surface area contributed by atoms with Gasteiger partial charge >= 0.3 is 0 Å². The third kappa shape index (κ3) is 3.82. The number of rotatable bonds is 6.